The lowest BCUT2D eigenvalue weighted by molar-refractivity contribution is -0.138. The molecule has 1 aliphatic carbocycles. The van der Waals surface area contributed by atoms with Gasteiger partial charge in [-0.2, -0.15) is 26.3 Å². The van der Waals surface area contributed by atoms with Gasteiger partial charge in [0.2, 0.25) is 0 Å². The average molecular weight is 508 g/mol. The highest BCUT2D eigenvalue weighted by atomic mass is 32.2. The quantitative estimate of drug-likeness (QED) is 0.540. The molecule has 12 heteroatoms. The number of rotatable bonds is 6. The number of amides is 1. The Morgan fingerprint density at radius 3 is 2.15 bits per heavy atom. The second kappa shape index (κ2) is 8.86. The SMILES string of the molecule is CC(C)(C[C@H]1C[C@@H](NC(=O)c2ccc(C(F)(F)F)cn2)C1)S(=O)(=O)c1cccc(C(F)(F)F)c1. The molecule has 0 radical (unpaired) electrons. The summed E-state index contributed by atoms with van der Waals surface area (Å²) in [6, 6.07) is 5.03. The van der Waals surface area contributed by atoms with Gasteiger partial charge in [0.1, 0.15) is 5.69 Å². The topological polar surface area (TPSA) is 76.1 Å². The van der Waals surface area contributed by atoms with Crippen LogP contribution in [0.1, 0.15) is 54.7 Å². The van der Waals surface area contributed by atoms with Gasteiger partial charge in [0.15, 0.2) is 9.84 Å². The van der Waals surface area contributed by atoms with Gasteiger partial charge in [-0.25, -0.2) is 8.42 Å². The maximum absolute atomic E-state index is 13.0. The third-order valence-electron chi connectivity index (χ3n) is 5.87. The number of hydrogen-bond acceptors (Lipinski definition) is 4. The summed E-state index contributed by atoms with van der Waals surface area (Å²) in [5.41, 5.74) is -2.20. The molecule has 5 nitrogen and oxygen atoms in total. The smallest absolute Gasteiger partial charge is 0.348 e. The Bertz CT molecular complexity index is 1150. The first-order valence-corrected chi connectivity index (χ1v) is 11.7. The third-order valence-corrected chi connectivity index (χ3v) is 8.37. The lowest BCUT2D eigenvalue weighted by Crippen LogP contribution is -2.47. The van der Waals surface area contributed by atoms with Gasteiger partial charge < -0.3 is 5.32 Å². The number of benzene rings is 1. The largest absolute Gasteiger partial charge is 0.417 e. The van der Waals surface area contributed by atoms with Crippen molar-refractivity contribution in [1.82, 2.24) is 10.3 Å². The first-order chi connectivity index (χ1) is 15.5. The van der Waals surface area contributed by atoms with E-state index in [1.807, 2.05) is 0 Å². The van der Waals surface area contributed by atoms with Crippen molar-refractivity contribution >= 4 is 15.7 Å². The number of nitrogens with zero attached hydrogens (tertiary/aromatic N) is 1. The zero-order valence-electron chi connectivity index (χ0n) is 18.2. The first-order valence-electron chi connectivity index (χ1n) is 10.3. The van der Waals surface area contributed by atoms with E-state index in [9.17, 15) is 39.6 Å². The van der Waals surface area contributed by atoms with Crippen LogP contribution in [0, 0.1) is 5.92 Å². The van der Waals surface area contributed by atoms with Crippen molar-refractivity contribution in [2.45, 2.75) is 61.1 Å². The number of pyridine rings is 1. The second-order valence-electron chi connectivity index (χ2n) is 8.93. The van der Waals surface area contributed by atoms with Gasteiger partial charge in [0, 0.05) is 12.2 Å². The van der Waals surface area contributed by atoms with Crippen LogP contribution in [0.15, 0.2) is 47.5 Å². The highest BCUT2D eigenvalue weighted by Crippen LogP contribution is 2.40. The molecule has 186 valence electrons. The van der Waals surface area contributed by atoms with E-state index in [1.54, 1.807) is 0 Å². The number of aromatic nitrogens is 1. The van der Waals surface area contributed by atoms with Crippen molar-refractivity contribution in [2.24, 2.45) is 5.92 Å². The lowest BCUT2D eigenvalue weighted by Gasteiger charge is -2.40. The van der Waals surface area contributed by atoms with Crippen LogP contribution in [0.2, 0.25) is 0 Å². The van der Waals surface area contributed by atoms with E-state index < -0.39 is 48.9 Å². The van der Waals surface area contributed by atoms with E-state index in [1.165, 1.54) is 13.8 Å². The Hall–Kier alpha value is -2.63. The van der Waals surface area contributed by atoms with Gasteiger partial charge in [0.05, 0.1) is 20.8 Å². The highest BCUT2D eigenvalue weighted by Gasteiger charge is 2.43. The molecular weight excluding hydrogens is 486 g/mol. The minimum atomic E-state index is -4.67. The molecule has 1 amide bonds. The molecule has 0 unspecified atom stereocenters. The van der Waals surface area contributed by atoms with Gasteiger partial charge in [-0.3, -0.25) is 9.78 Å². The van der Waals surface area contributed by atoms with Crippen molar-refractivity contribution in [3.63, 3.8) is 0 Å². The number of halogens is 6. The molecule has 1 N–H and O–H groups in total. The van der Waals surface area contributed by atoms with E-state index in [0.29, 0.717) is 25.1 Å². The Morgan fingerprint density at radius 2 is 1.62 bits per heavy atom. The summed E-state index contributed by atoms with van der Waals surface area (Å²) in [4.78, 5) is 15.3. The molecular formula is C22H22F6N2O3S. The Morgan fingerprint density at radius 1 is 1.00 bits per heavy atom. The summed E-state index contributed by atoms with van der Waals surface area (Å²) in [6.07, 6.45) is -7.65. The summed E-state index contributed by atoms with van der Waals surface area (Å²) < 4.78 is 101. The third kappa shape index (κ3) is 5.53. The minimum Gasteiger partial charge on any atom is -0.348 e. The van der Waals surface area contributed by atoms with Gasteiger partial charge in [-0.1, -0.05) is 6.07 Å². The van der Waals surface area contributed by atoms with Crippen molar-refractivity contribution in [1.29, 1.82) is 0 Å². The summed E-state index contributed by atoms with van der Waals surface area (Å²) in [7, 11) is -4.08. The number of carbonyl (C=O) groups is 1. The molecule has 1 fully saturated rings. The monoisotopic (exact) mass is 508 g/mol. The number of carbonyl (C=O) groups excluding carboxylic acids is 1. The van der Waals surface area contributed by atoms with Gasteiger partial charge in [-0.15, -0.1) is 0 Å². The molecule has 0 atom stereocenters. The highest BCUT2D eigenvalue weighted by molar-refractivity contribution is 7.92. The molecule has 0 saturated heterocycles. The summed E-state index contributed by atoms with van der Waals surface area (Å²) in [5, 5.41) is 2.64. The molecule has 2 aromatic rings. The number of nitrogens with one attached hydrogen (secondary N) is 1. The number of alkyl halides is 6. The van der Waals surface area contributed by atoms with Crippen LogP contribution < -0.4 is 5.32 Å². The fourth-order valence-corrected chi connectivity index (χ4v) is 5.57. The maximum atomic E-state index is 13.0. The fourth-order valence-electron chi connectivity index (χ4n) is 3.94. The molecule has 1 aromatic heterocycles. The van der Waals surface area contributed by atoms with E-state index in [2.05, 4.69) is 10.3 Å². The average Bonchev–Trinajstić information content (AvgIpc) is 2.70. The summed E-state index contributed by atoms with van der Waals surface area (Å²) >= 11 is 0. The van der Waals surface area contributed by atoms with E-state index in [0.717, 1.165) is 30.3 Å². The van der Waals surface area contributed by atoms with Crippen LogP contribution in [-0.4, -0.2) is 30.1 Å². The van der Waals surface area contributed by atoms with E-state index >= 15 is 0 Å². The Kier molecular flexibility index (Phi) is 6.77. The summed E-state index contributed by atoms with van der Waals surface area (Å²) in [6.45, 7) is 2.89. The molecule has 0 aliphatic heterocycles. The van der Waals surface area contributed by atoms with Gasteiger partial charge >= 0.3 is 12.4 Å². The van der Waals surface area contributed by atoms with Crippen molar-refractivity contribution in [3.05, 3.63) is 59.4 Å². The number of sulfone groups is 1. The zero-order chi connectivity index (χ0) is 25.5. The molecule has 1 heterocycles. The zero-order valence-corrected chi connectivity index (χ0v) is 19.0. The molecule has 0 bridgehead atoms. The van der Waals surface area contributed by atoms with Crippen LogP contribution >= 0.6 is 0 Å². The number of hydrogen-bond donors (Lipinski definition) is 1. The molecule has 34 heavy (non-hydrogen) atoms. The van der Waals surface area contributed by atoms with Gasteiger partial charge in [-0.05, 0) is 69.4 Å². The van der Waals surface area contributed by atoms with Crippen molar-refractivity contribution < 1.29 is 39.6 Å². The van der Waals surface area contributed by atoms with Gasteiger partial charge in [0.25, 0.3) is 5.91 Å². The van der Waals surface area contributed by atoms with Crippen molar-refractivity contribution in [3.8, 4) is 0 Å². The standard InChI is InChI=1S/C22H22F6N2O3S/c1-20(2,34(32,33)17-5-3-4-14(10-17)21(23,24)25)11-13-8-16(9-13)30-19(31)18-7-6-15(12-29-18)22(26,27)28/h3-7,10,12-13,16H,8-9,11H2,1-2H3,(H,30,31)/t13-,16+. The maximum Gasteiger partial charge on any atom is 0.417 e. The predicted molar refractivity (Wildman–Crippen MR) is 111 cm³/mol. The first kappa shape index (κ1) is 26.0. The van der Waals surface area contributed by atoms with E-state index in [4.69, 9.17) is 0 Å². The Balaban J connectivity index is 1.59. The van der Waals surface area contributed by atoms with Crippen molar-refractivity contribution in [2.75, 3.05) is 0 Å². The second-order valence-corrected chi connectivity index (χ2v) is 11.5. The Labute approximate surface area is 192 Å². The van der Waals surface area contributed by atoms with Crippen LogP contribution in [0.25, 0.3) is 0 Å². The summed E-state index contributed by atoms with van der Waals surface area (Å²) in [5.74, 6) is -0.755. The molecule has 1 aromatic carbocycles. The lowest BCUT2D eigenvalue weighted by atomic mass is 9.75. The molecule has 1 saturated carbocycles. The molecule has 3 rings (SSSR count). The van der Waals surface area contributed by atoms with E-state index in [-0.39, 0.29) is 24.1 Å². The van der Waals surface area contributed by atoms with Crippen LogP contribution in [0.5, 0.6) is 0 Å². The minimum absolute atomic E-state index is 0.110. The molecule has 1 aliphatic rings. The predicted octanol–water partition coefficient (Wildman–Crippen LogP) is 5.27. The molecule has 0 spiro atoms. The van der Waals surface area contributed by atoms with Crippen LogP contribution in [0.4, 0.5) is 26.3 Å². The normalized spacial score (nSPS) is 19.4. The van der Waals surface area contributed by atoms with Crippen LogP contribution in [-0.2, 0) is 22.2 Å². The van der Waals surface area contributed by atoms with Crippen LogP contribution in [0.3, 0.4) is 0 Å². The fraction of sp³-hybridized carbons (Fsp3) is 0.455.